The summed E-state index contributed by atoms with van der Waals surface area (Å²) in [5, 5.41) is 0. The summed E-state index contributed by atoms with van der Waals surface area (Å²) in [7, 11) is 3.27. The minimum atomic E-state index is -0.390. The number of hydrogen-bond donors (Lipinski definition) is 1. The average Bonchev–Trinajstić information content (AvgIpc) is 2.46. The van der Waals surface area contributed by atoms with E-state index in [4.69, 9.17) is 10.5 Å². The lowest BCUT2D eigenvalue weighted by Crippen LogP contribution is -2.21. The molecule has 0 saturated carbocycles. The molecule has 4 nitrogen and oxygen atoms in total. The van der Waals surface area contributed by atoms with Crippen LogP contribution in [0.3, 0.4) is 0 Å². The van der Waals surface area contributed by atoms with Crippen LogP contribution in [0, 0.1) is 0 Å². The second-order valence-corrected chi connectivity index (χ2v) is 5.64. The predicted octanol–water partition coefficient (Wildman–Crippen LogP) is 3.45. The maximum Gasteiger partial charge on any atom is 0.340 e. The Kier molecular flexibility index (Phi) is 4.85. The van der Waals surface area contributed by atoms with E-state index in [1.807, 2.05) is 36.2 Å². The summed E-state index contributed by atoms with van der Waals surface area (Å²) in [6, 6.07) is 13.3. The number of carbonyl (C=O) groups excluding carboxylic acids is 1. The van der Waals surface area contributed by atoms with Crippen LogP contribution in [0.1, 0.15) is 15.9 Å². The summed E-state index contributed by atoms with van der Waals surface area (Å²) in [5.74, 6) is -0.390. The molecule has 2 N–H and O–H groups in total. The van der Waals surface area contributed by atoms with Crippen molar-refractivity contribution in [1.82, 2.24) is 0 Å². The van der Waals surface area contributed by atoms with Gasteiger partial charge in [0.05, 0.1) is 24.0 Å². The summed E-state index contributed by atoms with van der Waals surface area (Å²) in [6.07, 6.45) is 0. The second-order valence-electron chi connectivity index (χ2n) is 4.72. The van der Waals surface area contributed by atoms with Gasteiger partial charge in [-0.3, -0.25) is 0 Å². The van der Waals surface area contributed by atoms with Crippen LogP contribution in [-0.2, 0) is 11.3 Å². The number of hydrogen-bond acceptors (Lipinski definition) is 4. The lowest BCUT2D eigenvalue weighted by molar-refractivity contribution is 0.0601. The standard InChI is InChI=1S/C16H17BrN2O2/c1-19(10-11-5-3-6-12(17)9-11)15-13(16(20)21-2)7-4-8-14(15)18/h3-9H,10,18H2,1-2H3. The molecule has 2 aromatic rings. The predicted molar refractivity (Wildman–Crippen MR) is 88.4 cm³/mol. The van der Waals surface area contributed by atoms with Gasteiger partial charge in [-0.1, -0.05) is 34.1 Å². The van der Waals surface area contributed by atoms with Crippen LogP contribution in [0.4, 0.5) is 11.4 Å². The number of para-hydroxylation sites is 1. The number of nitrogens with zero attached hydrogens (tertiary/aromatic N) is 1. The molecule has 0 aliphatic rings. The molecule has 0 radical (unpaired) electrons. The van der Waals surface area contributed by atoms with Crippen LogP contribution in [0.15, 0.2) is 46.9 Å². The summed E-state index contributed by atoms with van der Waals surface area (Å²) in [6.45, 7) is 0.637. The molecule has 0 heterocycles. The zero-order valence-corrected chi connectivity index (χ0v) is 13.6. The Morgan fingerprint density at radius 2 is 2.00 bits per heavy atom. The highest BCUT2D eigenvalue weighted by Crippen LogP contribution is 2.29. The number of methoxy groups -OCH3 is 1. The van der Waals surface area contributed by atoms with E-state index < -0.39 is 5.97 Å². The van der Waals surface area contributed by atoms with Gasteiger partial charge >= 0.3 is 5.97 Å². The number of nitrogens with two attached hydrogens (primary N) is 1. The summed E-state index contributed by atoms with van der Waals surface area (Å²) >= 11 is 3.45. The molecule has 110 valence electrons. The number of halogens is 1. The van der Waals surface area contributed by atoms with Crippen LogP contribution in [0.5, 0.6) is 0 Å². The molecular formula is C16H17BrN2O2. The van der Waals surface area contributed by atoms with Crippen molar-refractivity contribution in [3.63, 3.8) is 0 Å². The number of esters is 1. The molecule has 0 unspecified atom stereocenters. The molecule has 0 aliphatic heterocycles. The van der Waals surface area contributed by atoms with Gasteiger partial charge in [-0.15, -0.1) is 0 Å². The van der Waals surface area contributed by atoms with Crippen LogP contribution in [-0.4, -0.2) is 20.1 Å². The number of nitrogen functional groups attached to an aromatic ring is 1. The monoisotopic (exact) mass is 348 g/mol. The Morgan fingerprint density at radius 3 is 2.67 bits per heavy atom. The van der Waals surface area contributed by atoms with E-state index in [1.165, 1.54) is 7.11 Å². The fourth-order valence-corrected chi connectivity index (χ4v) is 2.70. The van der Waals surface area contributed by atoms with E-state index in [1.54, 1.807) is 18.2 Å². The van der Waals surface area contributed by atoms with Crippen molar-refractivity contribution >= 4 is 33.3 Å². The van der Waals surface area contributed by atoms with Crippen molar-refractivity contribution in [3.8, 4) is 0 Å². The van der Waals surface area contributed by atoms with E-state index >= 15 is 0 Å². The fourth-order valence-electron chi connectivity index (χ4n) is 2.25. The van der Waals surface area contributed by atoms with E-state index in [-0.39, 0.29) is 0 Å². The molecule has 2 rings (SSSR count). The molecule has 0 aromatic heterocycles. The molecule has 0 spiro atoms. The maximum atomic E-state index is 11.9. The Labute approximate surface area is 132 Å². The Hall–Kier alpha value is -2.01. The highest BCUT2D eigenvalue weighted by atomic mass is 79.9. The molecule has 0 amide bonds. The fraction of sp³-hybridized carbons (Fsp3) is 0.188. The molecule has 2 aromatic carbocycles. The third-order valence-electron chi connectivity index (χ3n) is 3.16. The second kappa shape index (κ2) is 6.63. The molecular weight excluding hydrogens is 332 g/mol. The average molecular weight is 349 g/mol. The summed E-state index contributed by atoms with van der Waals surface area (Å²) in [4.78, 5) is 13.8. The van der Waals surface area contributed by atoms with Crippen molar-refractivity contribution in [2.75, 3.05) is 24.8 Å². The molecule has 0 fully saturated rings. The third kappa shape index (κ3) is 3.55. The zero-order valence-electron chi connectivity index (χ0n) is 12.0. The van der Waals surface area contributed by atoms with Gasteiger partial charge in [0, 0.05) is 18.1 Å². The highest BCUT2D eigenvalue weighted by molar-refractivity contribution is 9.10. The van der Waals surface area contributed by atoms with E-state index in [0.29, 0.717) is 23.5 Å². The third-order valence-corrected chi connectivity index (χ3v) is 3.66. The molecule has 5 heteroatoms. The summed E-state index contributed by atoms with van der Waals surface area (Å²) < 4.78 is 5.84. The quantitative estimate of drug-likeness (QED) is 0.679. The Bertz CT molecular complexity index is 658. The van der Waals surface area contributed by atoms with E-state index in [2.05, 4.69) is 15.9 Å². The van der Waals surface area contributed by atoms with Crippen LogP contribution in [0.2, 0.25) is 0 Å². The smallest absolute Gasteiger partial charge is 0.340 e. The lowest BCUT2D eigenvalue weighted by atomic mass is 10.1. The van der Waals surface area contributed by atoms with Gasteiger partial charge in [0.15, 0.2) is 0 Å². The number of rotatable bonds is 4. The van der Waals surface area contributed by atoms with Crippen molar-refractivity contribution in [1.29, 1.82) is 0 Å². The molecule has 0 atom stereocenters. The van der Waals surface area contributed by atoms with Crippen molar-refractivity contribution in [2.45, 2.75) is 6.54 Å². The normalized spacial score (nSPS) is 10.2. The van der Waals surface area contributed by atoms with Crippen molar-refractivity contribution in [3.05, 3.63) is 58.1 Å². The highest BCUT2D eigenvalue weighted by Gasteiger charge is 2.17. The largest absolute Gasteiger partial charge is 0.465 e. The van der Waals surface area contributed by atoms with Gasteiger partial charge in [-0.25, -0.2) is 4.79 Å². The first-order valence-electron chi connectivity index (χ1n) is 6.45. The van der Waals surface area contributed by atoms with E-state index in [9.17, 15) is 4.79 Å². The molecule has 0 aliphatic carbocycles. The van der Waals surface area contributed by atoms with Crippen molar-refractivity contribution in [2.24, 2.45) is 0 Å². The van der Waals surface area contributed by atoms with Gasteiger partial charge in [0.2, 0.25) is 0 Å². The van der Waals surface area contributed by atoms with Gasteiger partial charge in [-0.05, 0) is 29.8 Å². The number of carbonyl (C=O) groups is 1. The number of ether oxygens (including phenoxy) is 1. The van der Waals surface area contributed by atoms with Gasteiger partial charge in [0.25, 0.3) is 0 Å². The first-order valence-corrected chi connectivity index (χ1v) is 7.24. The Balaban J connectivity index is 2.34. The first-order chi connectivity index (χ1) is 10.0. The Morgan fingerprint density at radius 1 is 1.29 bits per heavy atom. The minimum absolute atomic E-state index is 0.390. The minimum Gasteiger partial charge on any atom is -0.465 e. The zero-order chi connectivity index (χ0) is 15.4. The SMILES string of the molecule is COC(=O)c1cccc(N)c1N(C)Cc1cccc(Br)c1. The van der Waals surface area contributed by atoms with Crippen molar-refractivity contribution < 1.29 is 9.53 Å². The molecule has 21 heavy (non-hydrogen) atoms. The van der Waals surface area contributed by atoms with Gasteiger partial charge in [-0.2, -0.15) is 0 Å². The topological polar surface area (TPSA) is 55.6 Å². The van der Waals surface area contributed by atoms with Crippen LogP contribution in [0.25, 0.3) is 0 Å². The number of benzene rings is 2. The van der Waals surface area contributed by atoms with Crippen LogP contribution >= 0.6 is 15.9 Å². The molecule has 0 saturated heterocycles. The van der Waals surface area contributed by atoms with E-state index in [0.717, 1.165) is 10.0 Å². The van der Waals surface area contributed by atoms with Crippen LogP contribution < -0.4 is 10.6 Å². The maximum absolute atomic E-state index is 11.9. The molecule has 0 bridgehead atoms. The van der Waals surface area contributed by atoms with Gasteiger partial charge in [0.1, 0.15) is 0 Å². The first kappa shape index (κ1) is 15.4. The summed E-state index contributed by atoms with van der Waals surface area (Å²) in [5.41, 5.74) is 8.86. The lowest BCUT2D eigenvalue weighted by Gasteiger charge is -2.23. The van der Waals surface area contributed by atoms with Gasteiger partial charge < -0.3 is 15.4 Å². The number of anilines is 2.